The maximum absolute atomic E-state index is 12.5. The third kappa shape index (κ3) is 5.82. The Balaban J connectivity index is 1.54. The number of benzene rings is 2. The third-order valence-electron chi connectivity index (χ3n) is 4.69. The van der Waals surface area contributed by atoms with Crippen molar-refractivity contribution in [2.75, 3.05) is 0 Å². The number of hydrogen-bond donors (Lipinski definition) is 3. The normalized spacial score (nSPS) is 12.8. The lowest BCUT2D eigenvalue weighted by Crippen LogP contribution is -2.55. The second-order valence-corrected chi connectivity index (χ2v) is 8.37. The minimum atomic E-state index is -0.834. The number of thiophene rings is 1. The molecule has 0 radical (unpaired) electrons. The highest BCUT2D eigenvalue weighted by atomic mass is 32.1. The second kappa shape index (κ2) is 10.1. The summed E-state index contributed by atoms with van der Waals surface area (Å²) in [6.45, 7) is 5.22. The quantitative estimate of drug-likeness (QED) is 0.492. The van der Waals surface area contributed by atoms with Gasteiger partial charge in [-0.2, -0.15) is 0 Å². The summed E-state index contributed by atoms with van der Waals surface area (Å²) in [5.74, 6) is -0.967. The van der Waals surface area contributed by atoms with Gasteiger partial charge in [0.1, 0.15) is 11.8 Å². The molecule has 8 heteroatoms. The molecule has 0 aliphatic carbocycles. The molecule has 2 atom stereocenters. The van der Waals surface area contributed by atoms with E-state index in [0.717, 1.165) is 10.8 Å². The van der Waals surface area contributed by atoms with E-state index in [0.29, 0.717) is 10.6 Å². The van der Waals surface area contributed by atoms with E-state index in [4.69, 9.17) is 4.74 Å². The van der Waals surface area contributed by atoms with Crippen molar-refractivity contribution >= 4 is 39.8 Å². The van der Waals surface area contributed by atoms with E-state index in [1.807, 2.05) is 50.2 Å². The molecule has 3 N–H and O–H groups in total. The van der Waals surface area contributed by atoms with Gasteiger partial charge in [0, 0.05) is 0 Å². The summed E-state index contributed by atoms with van der Waals surface area (Å²) in [5, 5.41) is 6.57. The van der Waals surface area contributed by atoms with Crippen LogP contribution in [0.25, 0.3) is 10.8 Å². The van der Waals surface area contributed by atoms with Crippen molar-refractivity contribution in [3.8, 4) is 5.75 Å². The molecule has 0 unspecified atom stereocenters. The average Bonchev–Trinajstić information content (AvgIpc) is 3.30. The van der Waals surface area contributed by atoms with Crippen LogP contribution < -0.4 is 20.9 Å². The predicted molar refractivity (Wildman–Crippen MR) is 121 cm³/mol. The molecule has 0 saturated carbocycles. The Bertz CT molecular complexity index is 1070. The van der Waals surface area contributed by atoms with Crippen molar-refractivity contribution in [3.63, 3.8) is 0 Å². The van der Waals surface area contributed by atoms with Crippen LogP contribution in [0.3, 0.4) is 0 Å². The molecule has 0 bridgehead atoms. The molecule has 162 valence electrons. The zero-order valence-electron chi connectivity index (χ0n) is 17.5. The summed E-state index contributed by atoms with van der Waals surface area (Å²) in [7, 11) is 0. The van der Waals surface area contributed by atoms with Gasteiger partial charge in [0.05, 0.1) is 4.88 Å². The average molecular weight is 440 g/mol. The van der Waals surface area contributed by atoms with Crippen molar-refractivity contribution in [1.29, 1.82) is 0 Å². The number of hydrogen-bond acceptors (Lipinski definition) is 5. The lowest BCUT2D eigenvalue weighted by atomic mass is 10.0. The minimum Gasteiger partial charge on any atom is -0.481 e. The van der Waals surface area contributed by atoms with Gasteiger partial charge in [0.15, 0.2) is 6.10 Å². The van der Waals surface area contributed by atoms with Crippen LogP contribution in [0.4, 0.5) is 0 Å². The molecule has 1 heterocycles. The predicted octanol–water partition coefficient (Wildman–Crippen LogP) is 3.27. The van der Waals surface area contributed by atoms with Crippen molar-refractivity contribution in [3.05, 3.63) is 64.9 Å². The van der Waals surface area contributed by atoms with E-state index < -0.39 is 24.0 Å². The Labute approximate surface area is 184 Å². The first kappa shape index (κ1) is 22.3. The third-order valence-corrected chi connectivity index (χ3v) is 5.56. The molecule has 7 nitrogen and oxygen atoms in total. The molecular formula is C23H25N3O4S. The minimum absolute atomic E-state index is 0.174. The number of fused-ring (bicyclic) bond motifs is 1. The largest absolute Gasteiger partial charge is 0.481 e. The highest BCUT2D eigenvalue weighted by Crippen LogP contribution is 2.21. The molecular weight excluding hydrogens is 414 g/mol. The number of hydrazine groups is 1. The maximum Gasteiger partial charge on any atom is 0.279 e. The Hall–Kier alpha value is -3.39. The fourth-order valence-electron chi connectivity index (χ4n) is 2.96. The van der Waals surface area contributed by atoms with Gasteiger partial charge in [-0.15, -0.1) is 11.3 Å². The topological polar surface area (TPSA) is 96.5 Å². The van der Waals surface area contributed by atoms with Gasteiger partial charge in [-0.1, -0.05) is 50.2 Å². The molecule has 0 spiro atoms. The Kier molecular flexibility index (Phi) is 7.25. The van der Waals surface area contributed by atoms with E-state index in [1.54, 1.807) is 30.5 Å². The first-order valence-electron chi connectivity index (χ1n) is 9.94. The SMILES string of the molecule is CC(C)[C@@H](NC(=O)c1cccs1)C(=O)NNC(=O)[C@H](C)Oc1ccc2ccccc2c1. The van der Waals surface area contributed by atoms with E-state index >= 15 is 0 Å². The zero-order valence-corrected chi connectivity index (χ0v) is 18.4. The lowest BCUT2D eigenvalue weighted by Gasteiger charge is -2.22. The molecule has 3 rings (SSSR count). The number of amides is 3. The van der Waals surface area contributed by atoms with E-state index in [-0.39, 0.29) is 11.8 Å². The van der Waals surface area contributed by atoms with Crippen molar-refractivity contribution < 1.29 is 19.1 Å². The van der Waals surface area contributed by atoms with Crippen LogP contribution in [0.1, 0.15) is 30.4 Å². The molecule has 0 aliphatic rings. The monoisotopic (exact) mass is 439 g/mol. The van der Waals surface area contributed by atoms with Gasteiger partial charge in [-0.05, 0) is 47.2 Å². The van der Waals surface area contributed by atoms with Crippen molar-refractivity contribution in [1.82, 2.24) is 16.2 Å². The van der Waals surface area contributed by atoms with E-state index in [1.165, 1.54) is 11.3 Å². The summed E-state index contributed by atoms with van der Waals surface area (Å²) in [5.41, 5.74) is 4.75. The van der Waals surface area contributed by atoms with Gasteiger partial charge in [0.25, 0.3) is 17.7 Å². The number of ether oxygens (including phenoxy) is 1. The van der Waals surface area contributed by atoms with Crippen LogP contribution in [0.2, 0.25) is 0 Å². The van der Waals surface area contributed by atoms with Crippen LogP contribution in [0, 0.1) is 5.92 Å². The van der Waals surface area contributed by atoms with Crippen LogP contribution in [0.15, 0.2) is 60.0 Å². The zero-order chi connectivity index (χ0) is 22.4. The highest BCUT2D eigenvalue weighted by molar-refractivity contribution is 7.12. The summed E-state index contributed by atoms with van der Waals surface area (Å²) in [6.07, 6.45) is -0.834. The van der Waals surface area contributed by atoms with Crippen LogP contribution in [-0.2, 0) is 9.59 Å². The summed E-state index contributed by atoms with van der Waals surface area (Å²) in [4.78, 5) is 37.7. The van der Waals surface area contributed by atoms with Crippen LogP contribution in [-0.4, -0.2) is 29.9 Å². The molecule has 2 aromatic carbocycles. The van der Waals surface area contributed by atoms with Crippen molar-refractivity contribution in [2.24, 2.45) is 5.92 Å². The van der Waals surface area contributed by atoms with Crippen LogP contribution in [0.5, 0.6) is 5.75 Å². The maximum atomic E-state index is 12.5. The molecule has 0 aliphatic heterocycles. The summed E-state index contributed by atoms with van der Waals surface area (Å²) in [6, 6.07) is 16.1. The number of rotatable bonds is 7. The fourth-order valence-corrected chi connectivity index (χ4v) is 3.58. The van der Waals surface area contributed by atoms with Gasteiger partial charge < -0.3 is 10.1 Å². The molecule has 3 aromatic rings. The molecule has 1 aromatic heterocycles. The Morgan fingerprint density at radius 1 is 0.871 bits per heavy atom. The Morgan fingerprint density at radius 2 is 1.58 bits per heavy atom. The lowest BCUT2D eigenvalue weighted by molar-refractivity contribution is -0.133. The number of nitrogens with one attached hydrogen (secondary N) is 3. The summed E-state index contributed by atoms with van der Waals surface area (Å²) < 4.78 is 5.71. The standard InChI is InChI=1S/C23H25N3O4S/c1-14(2)20(24-22(28)19-9-6-12-31-19)23(29)26-25-21(27)15(3)30-18-11-10-16-7-4-5-8-17(16)13-18/h4-15,20H,1-3H3,(H,24,28)(H,25,27)(H,26,29)/t15-,20+/m0/s1. The molecule has 0 saturated heterocycles. The van der Waals surface area contributed by atoms with E-state index in [9.17, 15) is 14.4 Å². The van der Waals surface area contributed by atoms with Crippen molar-refractivity contribution in [2.45, 2.75) is 32.9 Å². The van der Waals surface area contributed by atoms with Gasteiger partial charge in [-0.3, -0.25) is 25.2 Å². The highest BCUT2D eigenvalue weighted by Gasteiger charge is 2.26. The van der Waals surface area contributed by atoms with Gasteiger partial charge in [0.2, 0.25) is 0 Å². The second-order valence-electron chi connectivity index (χ2n) is 7.42. The first-order valence-corrected chi connectivity index (χ1v) is 10.8. The first-order chi connectivity index (χ1) is 14.8. The molecule has 31 heavy (non-hydrogen) atoms. The van der Waals surface area contributed by atoms with Gasteiger partial charge >= 0.3 is 0 Å². The molecule has 3 amide bonds. The fraction of sp³-hybridized carbons (Fsp3) is 0.261. The Morgan fingerprint density at radius 3 is 2.26 bits per heavy atom. The van der Waals surface area contributed by atoms with Gasteiger partial charge in [-0.25, -0.2) is 0 Å². The van der Waals surface area contributed by atoms with Crippen LogP contribution >= 0.6 is 11.3 Å². The smallest absolute Gasteiger partial charge is 0.279 e. The molecule has 0 fully saturated rings. The van der Waals surface area contributed by atoms with E-state index in [2.05, 4.69) is 16.2 Å². The number of carbonyl (C=O) groups is 3. The summed E-state index contributed by atoms with van der Waals surface area (Å²) >= 11 is 1.29. The number of carbonyl (C=O) groups excluding carboxylic acids is 3.